The Hall–Kier alpha value is -4.40. The van der Waals surface area contributed by atoms with Crippen molar-refractivity contribution in [3.63, 3.8) is 0 Å². The normalized spacial score (nSPS) is 35.7. The van der Waals surface area contributed by atoms with Gasteiger partial charge in [0.05, 0.1) is 67.9 Å². The number of aliphatic hydroxyl groups is 3. The molecule has 0 aromatic rings. The van der Waals surface area contributed by atoms with E-state index in [0.29, 0.717) is 97.9 Å². The Bertz CT molecular complexity index is 3660. The van der Waals surface area contributed by atoms with E-state index in [1.807, 2.05) is 104 Å². The zero-order chi connectivity index (χ0) is 90.8. The maximum Gasteiger partial charge on any atom is 0.347 e. The Balaban J connectivity index is 0.00000162. The molecule has 22 aliphatic rings. The quantitative estimate of drug-likeness (QED) is 0.0331. The first kappa shape index (κ1) is 132. The highest BCUT2D eigenvalue weighted by atomic mass is 16.7. The highest BCUT2D eigenvalue weighted by Gasteiger charge is 2.67. The molecule has 22 fully saturated rings. The lowest BCUT2D eigenvalue weighted by molar-refractivity contribution is -0.264. The van der Waals surface area contributed by atoms with Gasteiger partial charge in [0, 0.05) is 32.1 Å². The van der Waals surface area contributed by atoms with Gasteiger partial charge in [-0.3, -0.25) is 33.6 Å². The van der Waals surface area contributed by atoms with Crippen LogP contribution in [0.3, 0.4) is 0 Å². The van der Waals surface area contributed by atoms with Crippen LogP contribution in [-0.4, -0.2) is 134 Å². The number of cyclic esters (lactones) is 1. The highest BCUT2D eigenvalue weighted by Crippen LogP contribution is 2.67. The highest BCUT2D eigenvalue weighted by molar-refractivity contribution is 5.83. The van der Waals surface area contributed by atoms with E-state index in [-0.39, 0.29) is 183 Å². The summed E-state index contributed by atoms with van der Waals surface area (Å²) in [7, 11) is 0. The third kappa shape index (κ3) is 28.6. The Morgan fingerprint density at radius 2 is 0.743 bits per heavy atom. The Morgan fingerprint density at radius 1 is 0.382 bits per heavy atom. The minimum Gasteiger partial charge on any atom is -0.463 e. The van der Waals surface area contributed by atoms with Crippen LogP contribution in [0, 0.1) is 126 Å². The molecule has 0 aromatic heterocycles. The molecule has 20 heteroatoms. The van der Waals surface area contributed by atoms with Gasteiger partial charge in [0.15, 0.2) is 6.79 Å². The Morgan fingerprint density at radius 3 is 1.13 bits per heavy atom. The molecule has 21 saturated carbocycles. The van der Waals surface area contributed by atoms with E-state index in [0.717, 1.165) is 165 Å². The van der Waals surface area contributed by atoms with Crippen molar-refractivity contribution in [2.75, 3.05) is 20.0 Å². The standard InChI is InChI=1S/C29H44O5.C19H32O2.C16H26O4.C16H26O3.C14H26O2.C10H16O4.12CH4/c1-4-27(2,3)25(30)34-24-22-8-21-9-23(24)15-29(13-21,14-22)26(31)33-17-32-16-28-10-18-5-19(11-28)7-20(6-18)12-28;1-6-18(4,5)17(20)21-19(12(2)3)15-8-13-7-14(10-15)11-16(19)9-13;1-4-13(2,3)12(17)20-16-7-11-5-14(18,9-16)8-15(19,6-11)10-16;1-4-14(2,3)13(17)19-16-8-11-5-12(9-16)7-15(18,6-11)10-16;1-5-13(3,4)12(15)16-14(6-2)10-8-7-9-11-14;1-4-10(2,3)9(12)14-7-5-6-13-8(7)11;;;;;;;;;;;;/h18-24H,4-17H2,1-3H3;12-16H,6-11H2,1-5H3;11,18-19H,4-10H2,1-3H3;11-12,18H,4-10H2,1-3H3;5-11H2,1-4H3;7H,4-6H2,1-3H3;12*1H4. The molecule has 21 aliphatic carbocycles. The van der Waals surface area contributed by atoms with Gasteiger partial charge < -0.3 is 58.0 Å². The fourth-order valence-electron chi connectivity index (χ4n) is 28.2. The molecule has 1 saturated heterocycles. The van der Waals surface area contributed by atoms with Crippen LogP contribution in [0.2, 0.25) is 0 Å². The molecule has 0 amide bonds. The second-order valence-electron chi connectivity index (χ2n) is 49.2. The topological polar surface area (TPSA) is 280 Å². The summed E-state index contributed by atoms with van der Waals surface area (Å²) in [6.07, 6.45) is 40.1. The number of carbonyl (C=O) groups excluding carboxylic acids is 8. The van der Waals surface area contributed by atoms with Crippen LogP contribution in [-0.2, 0) is 81.0 Å². The molecule has 3 N–H and O–H groups in total. The van der Waals surface area contributed by atoms with Crippen molar-refractivity contribution in [2.24, 2.45) is 126 Å². The Labute approximate surface area is 834 Å². The van der Waals surface area contributed by atoms with Gasteiger partial charge in [0.25, 0.3) is 0 Å². The number of esters is 8. The number of hydrogen-bond donors (Lipinski definition) is 3. The molecular formula is C116H218O20. The van der Waals surface area contributed by atoms with E-state index < -0.39 is 56.1 Å². The first-order valence-corrected chi connectivity index (χ1v) is 50.2. The van der Waals surface area contributed by atoms with Crippen LogP contribution in [0.25, 0.3) is 0 Å². The molecule has 7 atom stereocenters. The third-order valence-electron chi connectivity index (χ3n) is 36.3. The zero-order valence-electron chi connectivity index (χ0n) is 81.1. The van der Waals surface area contributed by atoms with Gasteiger partial charge in [0.2, 0.25) is 6.10 Å². The van der Waals surface area contributed by atoms with Gasteiger partial charge >= 0.3 is 47.8 Å². The maximum absolute atomic E-state index is 13.3. The van der Waals surface area contributed by atoms with Gasteiger partial charge in [-0.2, -0.15) is 0 Å². The summed E-state index contributed by atoms with van der Waals surface area (Å²) in [6, 6.07) is 0. The molecule has 7 unspecified atom stereocenters. The van der Waals surface area contributed by atoms with E-state index in [1.165, 1.54) is 96.3 Å². The molecule has 0 aromatic carbocycles. The lowest BCUT2D eigenvalue weighted by atomic mass is 9.47. The fraction of sp³-hybridized carbons (Fsp3) is 0.931. The van der Waals surface area contributed by atoms with Crippen molar-refractivity contribution in [2.45, 2.75) is 549 Å². The predicted octanol–water partition coefficient (Wildman–Crippen LogP) is 28.9. The fourth-order valence-corrected chi connectivity index (χ4v) is 28.2. The summed E-state index contributed by atoms with van der Waals surface area (Å²) in [5.41, 5.74) is -6.17. The smallest absolute Gasteiger partial charge is 0.347 e. The average Bonchev–Trinajstić information content (AvgIpc) is 0.730. The van der Waals surface area contributed by atoms with Crippen LogP contribution in [0.5, 0.6) is 0 Å². The minimum absolute atomic E-state index is 0. The molecule has 20 bridgehead atoms. The van der Waals surface area contributed by atoms with E-state index in [4.69, 9.17) is 42.6 Å². The van der Waals surface area contributed by atoms with Crippen molar-refractivity contribution in [3.05, 3.63) is 0 Å². The number of ether oxygens (including phenoxy) is 9. The van der Waals surface area contributed by atoms with Gasteiger partial charge in [-0.25, -0.2) is 4.79 Å². The molecule has 136 heavy (non-hydrogen) atoms. The summed E-state index contributed by atoms with van der Waals surface area (Å²) in [5.74, 6) is 7.62. The van der Waals surface area contributed by atoms with Gasteiger partial charge in [-0.15, -0.1) is 0 Å². The van der Waals surface area contributed by atoms with Crippen LogP contribution in [0.1, 0.15) is 498 Å². The summed E-state index contributed by atoms with van der Waals surface area (Å²) in [4.78, 5) is 98.4. The SMILES string of the molecule is C.C.C.C.C.C.C.C.C.C.C.C.CCC(C)(C)C(=O)OC1(C(C)C)C2CC3CC(C2)CC1C3.CCC(C)(C)C(=O)OC12CC3CC(CC(O)(C3)C1)C2.CCC(C)(C)C(=O)OC12CC3CC(O)(CC(O)(C3)C1)C2.CCC(C)(C)C(=O)OC1C2CC3CC1CC(C(=O)OCOCC14CC5CC(CC(C5)C1)C4)(C3)C2.CCC(C)(C)C(=O)OC1CCOC1=O.CCC1(OC(=O)C(C)(C)CC)CCCCC1. The average molecular weight is 1930 g/mol. The molecule has 0 radical (unpaired) electrons. The van der Waals surface area contributed by atoms with Crippen LogP contribution in [0.15, 0.2) is 0 Å². The summed E-state index contributed by atoms with van der Waals surface area (Å²) in [6.45, 7) is 43.2. The van der Waals surface area contributed by atoms with Gasteiger partial charge in [-0.1, -0.05) is 158 Å². The maximum atomic E-state index is 13.3. The summed E-state index contributed by atoms with van der Waals surface area (Å²) < 4.78 is 51.8. The van der Waals surface area contributed by atoms with Crippen molar-refractivity contribution in [3.8, 4) is 0 Å². The molecule has 20 nitrogen and oxygen atoms in total. The second kappa shape index (κ2) is 49.5. The lowest BCUT2D eigenvalue weighted by Crippen LogP contribution is -2.67. The number of carbonyl (C=O) groups is 8. The molecule has 1 aliphatic heterocycles. The zero-order valence-corrected chi connectivity index (χ0v) is 81.1. The van der Waals surface area contributed by atoms with E-state index in [1.54, 1.807) is 13.8 Å². The van der Waals surface area contributed by atoms with Gasteiger partial charge in [-0.05, 0) is 396 Å². The summed E-state index contributed by atoms with van der Waals surface area (Å²) in [5, 5.41) is 32.0. The molecule has 1 heterocycles. The van der Waals surface area contributed by atoms with Crippen LogP contribution in [0.4, 0.5) is 0 Å². The van der Waals surface area contributed by atoms with Crippen molar-refractivity contribution >= 4 is 47.8 Å². The third-order valence-corrected chi connectivity index (χ3v) is 36.3. The van der Waals surface area contributed by atoms with E-state index in [9.17, 15) is 53.7 Å². The largest absolute Gasteiger partial charge is 0.463 e. The second-order valence-corrected chi connectivity index (χ2v) is 49.2. The van der Waals surface area contributed by atoms with Crippen molar-refractivity contribution in [1.29, 1.82) is 0 Å². The summed E-state index contributed by atoms with van der Waals surface area (Å²) >= 11 is 0. The monoisotopic (exact) mass is 1930 g/mol. The van der Waals surface area contributed by atoms with Crippen molar-refractivity contribution < 1.29 is 96.3 Å². The van der Waals surface area contributed by atoms with Crippen LogP contribution >= 0.6 is 0 Å². The van der Waals surface area contributed by atoms with Crippen LogP contribution < -0.4 is 0 Å². The molecular weight excluding hydrogens is 1710 g/mol. The van der Waals surface area contributed by atoms with Gasteiger partial charge in [0.1, 0.15) is 28.5 Å². The predicted molar refractivity (Wildman–Crippen MR) is 555 cm³/mol. The van der Waals surface area contributed by atoms with Crippen molar-refractivity contribution in [1.82, 2.24) is 0 Å². The lowest BCUT2D eigenvalue weighted by Gasteiger charge is -2.62. The number of hydrogen-bond acceptors (Lipinski definition) is 20. The van der Waals surface area contributed by atoms with E-state index >= 15 is 0 Å². The molecule has 802 valence electrons. The first-order chi connectivity index (χ1) is 57.8. The Kier molecular flexibility index (Phi) is 47.9. The molecule has 22 rings (SSSR count). The van der Waals surface area contributed by atoms with E-state index in [2.05, 4.69) is 27.7 Å². The first-order valence-electron chi connectivity index (χ1n) is 50.2. The number of rotatable bonds is 25. The molecule has 0 spiro atoms. The minimum atomic E-state index is -0.842.